The van der Waals surface area contributed by atoms with Crippen molar-refractivity contribution >= 4 is 39.8 Å². The number of aryl methyl sites for hydroxylation is 2. The van der Waals surface area contributed by atoms with Crippen LogP contribution >= 0.6 is 22.9 Å². The first kappa shape index (κ1) is 18.7. The summed E-state index contributed by atoms with van der Waals surface area (Å²) in [5.41, 5.74) is 7.90. The second-order valence-electron chi connectivity index (χ2n) is 6.38. The molecule has 0 spiro atoms. The monoisotopic (exact) mass is 392 g/mol. The van der Waals surface area contributed by atoms with Crippen LogP contribution in [0.1, 0.15) is 45.6 Å². The molecule has 138 valence electrons. The number of primary amides is 1. The van der Waals surface area contributed by atoms with Gasteiger partial charge in [-0.05, 0) is 61.9 Å². The Balaban J connectivity index is 1.72. The molecule has 5 nitrogen and oxygen atoms in total. The van der Waals surface area contributed by atoms with Gasteiger partial charge in [0, 0.05) is 9.90 Å². The standard InChI is InChI=1S/C19H21ClN2O3S/c1-11-9-12(20)7-8-14(11)25-10-16(23)22-19-17(18(21)24)13-5-3-2-4-6-15(13)26-19/h7-9H,2-6,10H2,1H3,(H2,21,24)(H,22,23). The summed E-state index contributed by atoms with van der Waals surface area (Å²) in [6.07, 6.45) is 5.04. The summed E-state index contributed by atoms with van der Waals surface area (Å²) in [6, 6.07) is 5.21. The zero-order chi connectivity index (χ0) is 18.7. The zero-order valence-electron chi connectivity index (χ0n) is 14.6. The van der Waals surface area contributed by atoms with Gasteiger partial charge in [0.1, 0.15) is 10.8 Å². The highest BCUT2D eigenvalue weighted by Crippen LogP contribution is 2.37. The van der Waals surface area contributed by atoms with Gasteiger partial charge >= 0.3 is 0 Å². The molecule has 0 saturated heterocycles. The third-order valence-corrected chi connectivity index (χ3v) is 5.86. The fourth-order valence-electron chi connectivity index (χ4n) is 3.17. The molecule has 26 heavy (non-hydrogen) atoms. The second kappa shape index (κ2) is 8.10. The van der Waals surface area contributed by atoms with Gasteiger partial charge in [0.2, 0.25) is 0 Å². The number of ether oxygens (including phenoxy) is 1. The molecule has 1 aliphatic carbocycles. The van der Waals surface area contributed by atoms with Crippen molar-refractivity contribution in [1.82, 2.24) is 0 Å². The predicted octanol–water partition coefficient (Wildman–Crippen LogP) is 4.10. The number of anilines is 1. The highest BCUT2D eigenvalue weighted by Gasteiger charge is 2.24. The molecule has 1 aliphatic rings. The number of benzene rings is 1. The Morgan fingerprint density at radius 2 is 2.04 bits per heavy atom. The van der Waals surface area contributed by atoms with Gasteiger partial charge in [0.05, 0.1) is 5.56 Å². The molecular formula is C19H21ClN2O3S. The number of nitrogens with two attached hydrogens (primary N) is 1. The smallest absolute Gasteiger partial charge is 0.262 e. The minimum Gasteiger partial charge on any atom is -0.483 e. The summed E-state index contributed by atoms with van der Waals surface area (Å²) in [5, 5.41) is 3.95. The fourth-order valence-corrected chi connectivity index (χ4v) is 4.71. The number of carbonyl (C=O) groups excluding carboxylic acids is 2. The maximum Gasteiger partial charge on any atom is 0.262 e. The van der Waals surface area contributed by atoms with Crippen LogP contribution < -0.4 is 15.8 Å². The lowest BCUT2D eigenvalue weighted by Gasteiger charge is -2.10. The van der Waals surface area contributed by atoms with Crippen LogP contribution in [0.3, 0.4) is 0 Å². The Morgan fingerprint density at radius 3 is 2.77 bits per heavy atom. The predicted molar refractivity (Wildman–Crippen MR) is 104 cm³/mol. The van der Waals surface area contributed by atoms with Crippen molar-refractivity contribution in [2.24, 2.45) is 5.73 Å². The average molecular weight is 393 g/mol. The van der Waals surface area contributed by atoms with E-state index in [2.05, 4.69) is 5.32 Å². The molecule has 1 aromatic heterocycles. The molecule has 7 heteroatoms. The third kappa shape index (κ3) is 4.19. The first-order valence-corrected chi connectivity index (χ1v) is 9.78. The van der Waals surface area contributed by atoms with E-state index in [9.17, 15) is 9.59 Å². The number of fused-ring (bicyclic) bond motifs is 1. The van der Waals surface area contributed by atoms with E-state index in [1.165, 1.54) is 11.3 Å². The van der Waals surface area contributed by atoms with Crippen LogP contribution in [-0.4, -0.2) is 18.4 Å². The molecule has 1 heterocycles. The molecule has 0 unspecified atom stereocenters. The molecule has 0 radical (unpaired) electrons. The van der Waals surface area contributed by atoms with Crippen molar-refractivity contribution in [2.45, 2.75) is 39.0 Å². The van der Waals surface area contributed by atoms with E-state index in [0.717, 1.165) is 48.1 Å². The van der Waals surface area contributed by atoms with Gasteiger partial charge in [-0.2, -0.15) is 0 Å². The average Bonchev–Trinajstić information content (AvgIpc) is 2.75. The second-order valence-corrected chi connectivity index (χ2v) is 7.92. The van der Waals surface area contributed by atoms with Crippen molar-refractivity contribution in [2.75, 3.05) is 11.9 Å². The van der Waals surface area contributed by atoms with Crippen LogP contribution in [0, 0.1) is 6.92 Å². The molecule has 2 amide bonds. The Morgan fingerprint density at radius 1 is 1.27 bits per heavy atom. The van der Waals surface area contributed by atoms with Crippen molar-refractivity contribution in [3.05, 3.63) is 44.8 Å². The number of nitrogens with one attached hydrogen (secondary N) is 1. The minimum absolute atomic E-state index is 0.150. The van der Waals surface area contributed by atoms with E-state index in [0.29, 0.717) is 21.3 Å². The largest absolute Gasteiger partial charge is 0.483 e. The lowest BCUT2D eigenvalue weighted by Crippen LogP contribution is -2.22. The summed E-state index contributed by atoms with van der Waals surface area (Å²) >= 11 is 7.37. The number of halogens is 1. The number of amides is 2. The first-order valence-electron chi connectivity index (χ1n) is 8.59. The SMILES string of the molecule is Cc1cc(Cl)ccc1OCC(=O)Nc1sc2c(c1C(N)=O)CCCCC2. The van der Waals surface area contributed by atoms with E-state index >= 15 is 0 Å². The van der Waals surface area contributed by atoms with Gasteiger partial charge in [0.15, 0.2) is 6.61 Å². The third-order valence-electron chi connectivity index (χ3n) is 4.42. The summed E-state index contributed by atoms with van der Waals surface area (Å²) in [7, 11) is 0. The Labute approximate surface area is 161 Å². The maximum absolute atomic E-state index is 12.3. The molecule has 1 aromatic carbocycles. The highest BCUT2D eigenvalue weighted by molar-refractivity contribution is 7.17. The lowest BCUT2D eigenvalue weighted by atomic mass is 10.1. The number of hydrogen-bond acceptors (Lipinski definition) is 4. The molecule has 3 rings (SSSR count). The number of rotatable bonds is 5. The van der Waals surface area contributed by atoms with Crippen molar-refractivity contribution in [3.63, 3.8) is 0 Å². The fraction of sp³-hybridized carbons (Fsp3) is 0.368. The van der Waals surface area contributed by atoms with Gasteiger partial charge in [-0.1, -0.05) is 18.0 Å². The first-order chi connectivity index (χ1) is 12.5. The van der Waals surface area contributed by atoms with E-state index < -0.39 is 5.91 Å². The molecule has 2 aromatic rings. The van der Waals surface area contributed by atoms with E-state index in [1.54, 1.807) is 18.2 Å². The summed E-state index contributed by atoms with van der Waals surface area (Å²) in [6.45, 7) is 1.71. The van der Waals surface area contributed by atoms with Crippen LogP contribution in [0.25, 0.3) is 0 Å². The molecule has 0 saturated carbocycles. The summed E-state index contributed by atoms with van der Waals surface area (Å²) in [5.74, 6) is -0.214. The maximum atomic E-state index is 12.3. The number of carbonyl (C=O) groups is 2. The molecule has 0 fully saturated rings. The van der Waals surface area contributed by atoms with Gasteiger partial charge in [-0.15, -0.1) is 11.3 Å². The Bertz CT molecular complexity index is 848. The molecular weight excluding hydrogens is 372 g/mol. The van der Waals surface area contributed by atoms with Crippen LogP contribution in [0.4, 0.5) is 5.00 Å². The van der Waals surface area contributed by atoms with E-state index in [-0.39, 0.29) is 12.5 Å². The topological polar surface area (TPSA) is 81.4 Å². The van der Waals surface area contributed by atoms with Crippen LogP contribution in [0.2, 0.25) is 5.02 Å². The van der Waals surface area contributed by atoms with Crippen LogP contribution in [-0.2, 0) is 17.6 Å². The van der Waals surface area contributed by atoms with Gasteiger partial charge < -0.3 is 15.8 Å². The summed E-state index contributed by atoms with van der Waals surface area (Å²) in [4.78, 5) is 25.4. The molecule has 0 aliphatic heterocycles. The van der Waals surface area contributed by atoms with Gasteiger partial charge in [-0.25, -0.2) is 0 Å². The van der Waals surface area contributed by atoms with E-state index in [1.807, 2.05) is 6.92 Å². The quantitative estimate of drug-likeness (QED) is 0.751. The number of hydrogen-bond donors (Lipinski definition) is 2. The molecule has 0 bridgehead atoms. The molecule has 3 N–H and O–H groups in total. The zero-order valence-corrected chi connectivity index (χ0v) is 16.1. The van der Waals surface area contributed by atoms with Gasteiger partial charge in [0.25, 0.3) is 11.8 Å². The van der Waals surface area contributed by atoms with Crippen LogP contribution in [0.15, 0.2) is 18.2 Å². The van der Waals surface area contributed by atoms with Crippen LogP contribution in [0.5, 0.6) is 5.75 Å². The Hall–Kier alpha value is -2.05. The summed E-state index contributed by atoms with van der Waals surface area (Å²) < 4.78 is 5.57. The van der Waals surface area contributed by atoms with Gasteiger partial charge in [-0.3, -0.25) is 9.59 Å². The molecule has 0 atom stereocenters. The Kier molecular flexibility index (Phi) is 5.84. The highest BCUT2D eigenvalue weighted by atomic mass is 35.5. The van der Waals surface area contributed by atoms with Crippen molar-refractivity contribution in [1.29, 1.82) is 0 Å². The van der Waals surface area contributed by atoms with Crippen molar-refractivity contribution in [3.8, 4) is 5.75 Å². The normalized spacial score (nSPS) is 13.6. The lowest BCUT2D eigenvalue weighted by molar-refractivity contribution is -0.118. The minimum atomic E-state index is -0.492. The van der Waals surface area contributed by atoms with E-state index in [4.69, 9.17) is 22.1 Å². The number of thiophene rings is 1. The van der Waals surface area contributed by atoms with Crippen molar-refractivity contribution < 1.29 is 14.3 Å².